The van der Waals surface area contributed by atoms with Crippen molar-refractivity contribution < 1.29 is 9.53 Å². The molecule has 0 fully saturated rings. The highest BCUT2D eigenvalue weighted by Gasteiger charge is 2.17. The smallest absolute Gasteiger partial charge is 0.340 e. The summed E-state index contributed by atoms with van der Waals surface area (Å²) in [7, 11) is 0. The van der Waals surface area contributed by atoms with Crippen LogP contribution in [0.1, 0.15) is 29.8 Å². The average molecular weight is 272 g/mol. The number of hydrogen-bond acceptors (Lipinski definition) is 3. The third kappa shape index (κ3) is 2.72. The molecule has 2 N–H and O–H groups in total. The maximum Gasteiger partial charge on any atom is 0.340 e. The standard InChI is InChI=1S/C11H14BrNO2/c1-6(2)15-11(14)9-7(3)4-5-8(12)10(9)13/h4-6H,13H2,1-3H3. The molecule has 0 aliphatic carbocycles. The molecule has 0 bridgehead atoms. The first-order valence-corrected chi connectivity index (χ1v) is 5.48. The Hall–Kier alpha value is -1.03. The maximum atomic E-state index is 11.7. The fourth-order valence-corrected chi connectivity index (χ4v) is 1.58. The Morgan fingerprint density at radius 3 is 2.60 bits per heavy atom. The van der Waals surface area contributed by atoms with Gasteiger partial charge in [-0.2, -0.15) is 0 Å². The van der Waals surface area contributed by atoms with Gasteiger partial charge in [0.1, 0.15) is 0 Å². The number of halogens is 1. The number of nitrogens with two attached hydrogens (primary N) is 1. The summed E-state index contributed by atoms with van der Waals surface area (Å²) in [6, 6.07) is 3.65. The van der Waals surface area contributed by atoms with Gasteiger partial charge in [0.05, 0.1) is 17.4 Å². The van der Waals surface area contributed by atoms with Crippen LogP contribution in [-0.2, 0) is 4.74 Å². The van der Waals surface area contributed by atoms with E-state index in [1.165, 1.54) is 0 Å². The molecule has 0 atom stereocenters. The Balaban J connectivity index is 3.13. The highest BCUT2D eigenvalue weighted by atomic mass is 79.9. The van der Waals surface area contributed by atoms with Crippen LogP contribution in [0.25, 0.3) is 0 Å². The van der Waals surface area contributed by atoms with Crippen molar-refractivity contribution in [3.05, 3.63) is 27.7 Å². The lowest BCUT2D eigenvalue weighted by Crippen LogP contribution is -2.15. The summed E-state index contributed by atoms with van der Waals surface area (Å²) in [4.78, 5) is 11.7. The molecule has 0 amide bonds. The summed E-state index contributed by atoms with van der Waals surface area (Å²) in [5.74, 6) is -0.374. The molecule has 0 saturated heterocycles. The molecule has 1 aromatic carbocycles. The van der Waals surface area contributed by atoms with Crippen molar-refractivity contribution in [2.45, 2.75) is 26.9 Å². The van der Waals surface area contributed by atoms with Crippen molar-refractivity contribution in [1.82, 2.24) is 0 Å². The van der Waals surface area contributed by atoms with Crippen LogP contribution in [0.2, 0.25) is 0 Å². The molecule has 3 nitrogen and oxygen atoms in total. The van der Waals surface area contributed by atoms with Gasteiger partial charge in [0, 0.05) is 4.47 Å². The van der Waals surface area contributed by atoms with Gasteiger partial charge in [-0.25, -0.2) is 4.79 Å². The summed E-state index contributed by atoms with van der Waals surface area (Å²) in [5, 5.41) is 0. The third-order valence-corrected chi connectivity index (χ3v) is 2.64. The quantitative estimate of drug-likeness (QED) is 0.665. The summed E-state index contributed by atoms with van der Waals surface area (Å²) in [6.45, 7) is 5.45. The van der Waals surface area contributed by atoms with Crippen LogP contribution in [0.15, 0.2) is 16.6 Å². The lowest BCUT2D eigenvalue weighted by Gasteiger charge is -2.12. The third-order valence-electron chi connectivity index (χ3n) is 1.95. The molecule has 0 aromatic heterocycles. The van der Waals surface area contributed by atoms with Gasteiger partial charge in [-0.15, -0.1) is 0 Å². The number of esters is 1. The lowest BCUT2D eigenvalue weighted by molar-refractivity contribution is 0.0378. The van der Waals surface area contributed by atoms with Crippen LogP contribution in [0.5, 0.6) is 0 Å². The summed E-state index contributed by atoms with van der Waals surface area (Å²) >= 11 is 3.28. The van der Waals surface area contributed by atoms with Crippen LogP contribution in [0.3, 0.4) is 0 Å². The Bertz CT molecular complexity index is 388. The van der Waals surface area contributed by atoms with Gasteiger partial charge in [0.25, 0.3) is 0 Å². The van der Waals surface area contributed by atoms with Gasteiger partial charge in [-0.05, 0) is 48.3 Å². The van der Waals surface area contributed by atoms with E-state index in [0.717, 1.165) is 5.56 Å². The first-order chi connectivity index (χ1) is 6.93. The highest BCUT2D eigenvalue weighted by molar-refractivity contribution is 9.10. The van der Waals surface area contributed by atoms with Crippen LogP contribution >= 0.6 is 15.9 Å². The van der Waals surface area contributed by atoms with Crippen molar-refractivity contribution in [2.24, 2.45) is 0 Å². The predicted octanol–water partition coefficient (Wildman–Crippen LogP) is 2.90. The number of carbonyl (C=O) groups excluding carboxylic acids is 1. The van der Waals surface area contributed by atoms with Gasteiger partial charge in [0.2, 0.25) is 0 Å². The van der Waals surface area contributed by atoms with Crippen molar-refractivity contribution in [2.75, 3.05) is 5.73 Å². The molecule has 15 heavy (non-hydrogen) atoms. The minimum absolute atomic E-state index is 0.143. The van der Waals surface area contributed by atoms with E-state index in [9.17, 15) is 4.79 Å². The van der Waals surface area contributed by atoms with Crippen LogP contribution in [0, 0.1) is 6.92 Å². The molecule has 0 spiro atoms. The van der Waals surface area contributed by atoms with Crippen molar-refractivity contribution in [3.8, 4) is 0 Å². The number of ether oxygens (including phenoxy) is 1. The molecule has 0 saturated carbocycles. The van der Waals surface area contributed by atoms with Gasteiger partial charge in [-0.3, -0.25) is 0 Å². The molecule has 0 unspecified atom stereocenters. The van der Waals surface area contributed by atoms with E-state index in [2.05, 4.69) is 15.9 Å². The molecular formula is C11H14BrNO2. The van der Waals surface area contributed by atoms with Crippen LogP contribution < -0.4 is 5.73 Å². The molecule has 4 heteroatoms. The minimum Gasteiger partial charge on any atom is -0.459 e. The van der Waals surface area contributed by atoms with Crippen molar-refractivity contribution >= 4 is 27.6 Å². The lowest BCUT2D eigenvalue weighted by atomic mass is 10.1. The molecule has 0 aliphatic rings. The largest absolute Gasteiger partial charge is 0.459 e. The summed E-state index contributed by atoms with van der Waals surface area (Å²) in [6.07, 6.45) is -0.143. The van der Waals surface area contributed by atoms with Crippen molar-refractivity contribution in [1.29, 1.82) is 0 Å². The summed E-state index contributed by atoms with van der Waals surface area (Å²) < 4.78 is 5.83. The van der Waals surface area contributed by atoms with E-state index in [4.69, 9.17) is 10.5 Å². The van der Waals surface area contributed by atoms with Gasteiger partial charge >= 0.3 is 5.97 Å². The molecule has 0 heterocycles. The second-order valence-corrected chi connectivity index (χ2v) is 4.46. The Morgan fingerprint density at radius 2 is 2.07 bits per heavy atom. The second-order valence-electron chi connectivity index (χ2n) is 3.61. The first kappa shape index (κ1) is 12.0. The van der Waals surface area contributed by atoms with E-state index in [1.54, 1.807) is 13.8 Å². The Labute approximate surface area is 97.7 Å². The molecule has 1 aromatic rings. The molecule has 0 aliphatic heterocycles. The highest BCUT2D eigenvalue weighted by Crippen LogP contribution is 2.26. The molecular weight excluding hydrogens is 258 g/mol. The number of benzene rings is 1. The number of carbonyl (C=O) groups is 1. The zero-order valence-corrected chi connectivity index (χ0v) is 10.6. The topological polar surface area (TPSA) is 52.3 Å². The zero-order valence-electron chi connectivity index (χ0n) is 9.00. The van der Waals surface area contributed by atoms with Crippen LogP contribution in [0.4, 0.5) is 5.69 Å². The molecule has 1 rings (SSSR count). The SMILES string of the molecule is Cc1ccc(Br)c(N)c1C(=O)OC(C)C. The first-order valence-electron chi connectivity index (χ1n) is 4.69. The van der Waals surface area contributed by atoms with Gasteiger partial charge in [-0.1, -0.05) is 6.07 Å². The normalized spacial score (nSPS) is 10.5. The van der Waals surface area contributed by atoms with Crippen molar-refractivity contribution in [3.63, 3.8) is 0 Å². The summed E-state index contributed by atoms with van der Waals surface area (Å²) in [5.41, 5.74) is 7.51. The minimum atomic E-state index is -0.374. The van der Waals surface area contributed by atoms with E-state index < -0.39 is 0 Å². The fourth-order valence-electron chi connectivity index (χ4n) is 1.25. The number of hydrogen-bond donors (Lipinski definition) is 1. The fraction of sp³-hybridized carbons (Fsp3) is 0.364. The van der Waals surface area contributed by atoms with E-state index in [1.807, 2.05) is 19.1 Å². The Kier molecular flexibility index (Phi) is 3.74. The average Bonchev–Trinajstić information content (AvgIpc) is 2.11. The number of rotatable bonds is 2. The van der Waals surface area contributed by atoms with E-state index >= 15 is 0 Å². The van der Waals surface area contributed by atoms with Gasteiger partial charge in [0.15, 0.2) is 0 Å². The van der Waals surface area contributed by atoms with Crippen LogP contribution in [-0.4, -0.2) is 12.1 Å². The van der Waals surface area contributed by atoms with Gasteiger partial charge < -0.3 is 10.5 Å². The number of nitrogen functional groups attached to an aromatic ring is 1. The second kappa shape index (κ2) is 4.66. The monoisotopic (exact) mass is 271 g/mol. The van der Waals surface area contributed by atoms with E-state index in [0.29, 0.717) is 15.7 Å². The number of aryl methyl sites for hydroxylation is 1. The maximum absolute atomic E-state index is 11.7. The zero-order chi connectivity index (χ0) is 11.6. The van der Waals surface area contributed by atoms with E-state index in [-0.39, 0.29) is 12.1 Å². The molecule has 0 radical (unpaired) electrons. The Morgan fingerprint density at radius 1 is 1.47 bits per heavy atom. The predicted molar refractivity (Wildman–Crippen MR) is 63.8 cm³/mol. The molecule has 82 valence electrons. The number of anilines is 1.